The van der Waals surface area contributed by atoms with Gasteiger partial charge in [0.15, 0.2) is 0 Å². The van der Waals surface area contributed by atoms with Gasteiger partial charge in [-0.2, -0.15) is 0 Å². The highest BCUT2D eigenvalue weighted by molar-refractivity contribution is 5.87. The van der Waals surface area contributed by atoms with E-state index in [0.29, 0.717) is 19.0 Å². The minimum Gasteiger partial charge on any atom is -0.453 e. The van der Waals surface area contributed by atoms with Crippen molar-refractivity contribution in [2.75, 3.05) is 27.3 Å². The fourth-order valence-electron chi connectivity index (χ4n) is 10.8. The minimum absolute atomic E-state index is 0.0518. The number of ether oxygens (including phenoxy) is 2. The van der Waals surface area contributed by atoms with Gasteiger partial charge in [0.05, 0.1) is 49.0 Å². The van der Waals surface area contributed by atoms with Gasteiger partial charge >= 0.3 is 6.09 Å². The molecule has 6 aromatic rings. The maximum atomic E-state index is 13.8. The first kappa shape index (κ1) is 49.4. The van der Waals surface area contributed by atoms with E-state index in [9.17, 15) is 19.5 Å². The standard InChI is InChI=1S/C57H68N8O6/c1-33(2)50(62-56(68)70-6)54(66)64-26-8-10-48(64)52-58-31-46(60-52)40-22-18-38(19-23-40)44-30-43-28-35(5)37-15-12-36(13-16-37)14-17-42(44)29-45(43)39-20-24-41(25-21-39)47-32-59-53(61-47)49-11-9-27-65(49)55(67)51(34(3)4)63-57(69)71-7/h12-13,15-16,18-25,29-35,48-51,56,62,68H,8-11,14,17,26-28H2,1-7H3,(H,58,60)(H,59,61)(H,63,69). The highest BCUT2D eigenvalue weighted by Crippen LogP contribution is 2.39. The molecule has 6 aliphatic rings. The van der Waals surface area contributed by atoms with Crippen LogP contribution in [0.5, 0.6) is 0 Å². The monoisotopic (exact) mass is 961 g/mol. The Morgan fingerprint density at radius 3 is 1.68 bits per heavy atom. The van der Waals surface area contributed by atoms with E-state index in [1.165, 1.54) is 47.6 Å². The fourth-order valence-corrected chi connectivity index (χ4v) is 10.8. The third-order valence-corrected chi connectivity index (χ3v) is 14.9. The number of aliphatic hydroxyl groups excluding tert-OH is 1. The molecule has 6 unspecified atom stereocenters. The Kier molecular flexibility index (Phi) is 14.9. The zero-order valence-corrected chi connectivity index (χ0v) is 42.0. The molecule has 2 aliphatic heterocycles. The number of imidazole rings is 2. The lowest BCUT2D eigenvalue weighted by molar-refractivity contribution is -0.145. The van der Waals surface area contributed by atoms with Crippen LogP contribution in [0.2, 0.25) is 0 Å². The number of methoxy groups -OCH3 is 2. The van der Waals surface area contributed by atoms with Gasteiger partial charge in [0.25, 0.3) is 0 Å². The molecule has 0 saturated carbocycles. The third kappa shape index (κ3) is 10.6. The average Bonchev–Trinajstić information content (AvgIpc) is 4.24. The van der Waals surface area contributed by atoms with E-state index in [-0.39, 0.29) is 35.7 Å². The van der Waals surface area contributed by atoms with Gasteiger partial charge < -0.3 is 39.7 Å². The summed E-state index contributed by atoms with van der Waals surface area (Å²) >= 11 is 0. The van der Waals surface area contributed by atoms with Crippen molar-refractivity contribution in [2.24, 2.45) is 11.8 Å². The Bertz CT molecular complexity index is 2820. The van der Waals surface area contributed by atoms with Crippen LogP contribution in [0.4, 0.5) is 4.79 Å². The summed E-state index contributed by atoms with van der Waals surface area (Å²) in [6.45, 7) is 11.3. The number of alkyl carbamates (subject to hydrolysis) is 1. The summed E-state index contributed by atoms with van der Waals surface area (Å²) in [5.41, 5.74) is 13.8. The van der Waals surface area contributed by atoms with Crippen molar-refractivity contribution >= 4 is 17.9 Å². The third-order valence-electron chi connectivity index (χ3n) is 14.9. The summed E-state index contributed by atoms with van der Waals surface area (Å²) in [7, 11) is 2.70. The van der Waals surface area contributed by atoms with Crippen molar-refractivity contribution in [3.05, 3.63) is 131 Å². The first-order valence-corrected chi connectivity index (χ1v) is 25.3. The topological polar surface area (TPSA) is 178 Å². The number of rotatable bonds is 14. The molecule has 14 heteroatoms. The van der Waals surface area contributed by atoms with Crippen LogP contribution < -0.4 is 10.6 Å². The predicted molar refractivity (Wildman–Crippen MR) is 275 cm³/mol. The number of H-pyrrole nitrogens is 2. The van der Waals surface area contributed by atoms with E-state index in [1.54, 1.807) is 0 Å². The summed E-state index contributed by atoms with van der Waals surface area (Å²) in [6.07, 6.45) is 7.83. The van der Waals surface area contributed by atoms with E-state index in [4.69, 9.17) is 19.4 Å². The Balaban J connectivity index is 0.970. The zero-order chi connectivity index (χ0) is 49.9. The molecule has 2 saturated heterocycles. The van der Waals surface area contributed by atoms with E-state index in [0.717, 1.165) is 90.2 Å². The number of aromatic amines is 2. The van der Waals surface area contributed by atoms with Crippen molar-refractivity contribution in [3.63, 3.8) is 0 Å². The quantitative estimate of drug-likeness (QED) is 0.0666. The highest BCUT2D eigenvalue weighted by atomic mass is 16.6. The fraction of sp³-hybridized carbons (Fsp3) is 0.421. The van der Waals surface area contributed by atoms with Crippen LogP contribution in [0.15, 0.2) is 97.3 Å². The number of aliphatic hydroxyl groups is 1. The lowest BCUT2D eigenvalue weighted by Crippen LogP contribution is -2.52. The summed E-state index contributed by atoms with van der Waals surface area (Å²) in [5, 5.41) is 15.8. The highest BCUT2D eigenvalue weighted by Gasteiger charge is 2.39. The molecule has 372 valence electrons. The number of carbonyl (C=O) groups excluding carboxylic acids is 3. The second-order valence-electron chi connectivity index (χ2n) is 20.2. The van der Waals surface area contributed by atoms with Crippen molar-refractivity contribution in [3.8, 4) is 44.8 Å². The number of nitrogens with one attached hydrogen (secondary N) is 4. The molecule has 0 spiro atoms. The Morgan fingerprint density at radius 2 is 1.17 bits per heavy atom. The molecule has 14 nitrogen and oxygen atoms in total. The van der Waals surface area contributed by atoms with Crippen molar-refractivity contribution < 1.29 is 29.0 Å². The van der Waals surface area contributed by atoms with Gasteiger partial charge in [0.2, 0.25) is 18.2 Å². The minimum atomic E-state index is -1.23. The van der Waals surface area contributed by atoms with Crippen molar-refractivity contribution in [2.45, 2.75) is 116 Å². The van der Waals surface area contributed by atoms with Gasteiger partial charge in [-0.25, -0.2) is 14.8 Å². The van der Waals surface area contributed by atoms with Gasteiger partial charge in [0, 0.05) is 20.2 Å². The van der Waals surface area contributed by atoms with Crippen LogP contribution in [-0.2, 0) is 38.3 Å². The number of aromatic nitrogens is 4. The zero-order valence-electron chi connectivity index (χ0n) is 42.0. The van der Waals surface area contributed by atoms with Gasteiger partial charge in [-0.15, -0.1) is 0 Å². The van der Waals surface area contributed by atoms with Gasteiger partial charge in [-0.1, -0.05) is 120 Å². The molecule has 4 bridgehead atoms. The number of hydrogen-bond donors (Lipinski definition) is 5. The summed E-state index contributed by atoms with van der Waals surface area (Å²) < 4.78 is 9.83. The van der Waals surface area contributed by atoms with Crippen molar-refractivity contribution in [1.29, 1.82) is 0 Å². The average molecular weight is 961 g/mol. The normalized spacial score (nSPS) is 19.2. The molecule has 2 aromatic heterocycles. The SMILES string of the molecule is COC(=O)NC(C(=O)N1CCCC1c1ncc(-c2ccc(-c3cc4c(-c5ccc(-c6cnc(C7CCCN7C(=O)C(NC(O)OC)C(C)C)[nH]6)cc5)cc3CC(C)c3ccc(cc3)CC4)cc2)[nH]1)C(C)C. The van der Waals surface area contributed by atoms with E-state index in [2.05, 4.69) is 112 Å². The molecule has 4 aliphatic carbocycles. The molecule has 12 rings (SSSR count). The Labute approximate surface area is 417 Å². The maximum absolute atomic E-state index is 13.8. The number of amides is 3. The number of carbonyl (C=O) groups is 3. The first-order valence-electron chi connectivity index (χ1n) is 25.3. The van der Waals surface area contributed by atoms with Crippen LogP contribution >= 0.6 is 0 Å². The van der Waals surface area contributed by atoms with Crippen LogP contribution in [0.1, 0.15) is 112 Å². The smallest absolute Gasteiger partial charge is 0.407 e. The molecule has 2 fully saturated rings. The number of nitrogens with zero attached hydrogens (tertiary/aromatic N) is 4. The molecule has 4 aromatic carbocycles. The van der Waals surface area contributed by atoms with Crippen molar-refractivity contribution in [1.82, 2.24) is 40.4 Å². The van der Waals surface area contributed by atoms with Crippen LogP contribution in [0, 0.1) is 11.8 Å². The molecular weight excluding hydrogens is 893 g/mol. The number of aryl methyl sites for hydroxylation is 2. The van der Waals surface area contributed by atoms with E-state index >= 15 is 0 Å². The largest absolute Gasteiger partial charge is 0.453 e. The Hall–Kier alpha value is -6.61. The molecule has 0 radical (unpaired) electrons. The van der Waals surface area contributed by atoms with Crippen LogP contribution in [-0.4, -0.2) is 98.6 Å². The lowest BCUT2D eigenvalue weighted by atomic mass is 9.83. The summed E-state index contributed by atoms with van der Waals surface area (Å²) in [5.74, 6) is 1.43. The number of hydrogen-bond acceptors (Lipinski definition) is 9. The number of benzene rings is 4. The van der Waals surface area contributed by atoms with E-state index in [1.807, 2.05) is 49.9 Å². The van der Waals surface area contributed by atoms with Crippen LogP contribution in [0.3, 0.4) is 0 Å². The first-order chi connectivity index (χ1) is 34.3. The van der Waals surface area contributed by atoms with Crippen LogP contribution in [0.25, 0.3) is 44.8 Å². The summed E-state index contributed by atoms with van der Waals surface area (Å²) in [6, 6.07) is 29.7. The molecule has 6 atom stereocenters. The molecule has 4 heterocycles. The molecule has 71 heavy (non-hydrogen) atoms. The molecule has 3 amide bonds. The maximum Gasteiger partial charge on any atom is 0.407 e. The molecular formula is C57H68N8O6. The second kappa shape index (κ2) is 21.4. The Morgan fingerprint density at radius 1 is 0.676 bits per heavy atom. The number of likely N-dealkylation sites (tertiary alicyclic amines) is 2. The van der Waals surface area contributed by atoms with Gasteiger partial charge in [-0.05, 0) is 118 Å². The molecule has 5 N–H and O–H groups in total. The van der Waals surface area contributed by atoms with E-state index < -0.39 is 24.6 Å². The van der Waals surface area contributed by atoms with Gasteiger partial charge in [0.1, 0.15) is 17.7 Å². The lowest BCUT2D eigenvalue weighted by Gasteiger charge is -2.31. The van der Waals surface area contributed by atoms with Gasteiger partial charge in [-0.3, -0.25) is 14.9 Å². The predicted octanol–water partition coefficient (Wildman–Crippen LogP) is 9.49. The second-order valence-corrected chi connectivity index (χ2v) is 20.2. The summed E-state index contributed by atoms with van der Waals surface area (Å²) in [4.78, 5) is 60.1.